The van der Waals surface area contributed by atoms with Crippen LogP contribution in [0.4, 0.5) is 11.7 Å². The smallest absolute Gasteiger partial charge is 0.298 e. The lowest BCUT2D eigenvalue weighted by atomic mass is 9.96. The topological polar surface area (TPSA) is 87.5 Å². The minimum atomic E-state index is -0.178. The van der Waals surface area contributed by atoms with Gasteiger partial charge < -0.3 is 20.0 Å². The quantitative estimate of drug-likeness (QED) is 0.729. The van der Waals surface area contributed by atoms with Gasteiger partial charge in [-0.15, -0.1) is 0 Å². The summed E-state index contributed by atoms with van der Waals surface area (Å²) in [5, 5.41) is 5.51. The predicted molar refractivity (Wildman–Crippen MR) is 107 cm³/mol. The van der Waals surface area contributed by atoms with E-state index in [0.29, 0.717) is 30.4 Å². The number of benzene rings is 2. The van der Waals surface area contributed by atoms with Crippen LogP contribution in [0, 0.1) is 5.92 Å². The van der Waals surface area contributed by atoms with Gasteiger partial charge in [-0.25, -0.2) is 0 Å². The van der Waals surface area contributed by atoms with Gasteiger partial charge in [0.15, 0.2) is 5.58 Å². The van der Waals surface area contributed by atoms with E-state index in [1.165, 1.54) is 0 Å². The highest BCUT2D eigenvalue weighted by Crippen LogP contribution is 2.27. The number of para-hydroxylation sites is 2. The van der Waals surface area contributed by atoms with E-state index in [-0.39, 0.29) is 17.7 Å². The number of anilines is 2. The Kier molecular flexibility index (Phi) is 4.97. The number of carbonyl (C=O) groups excluding carboxylic acids is 2. The summed E-state index contributed by atoms with van der Waals surface area (Å²) in [5.41, 5.74) is 2.76. The normalized spacial score (nSPS) is 14.8. The average molecular weight is 378 g/mol. The molecule has 1 aliphatic heterocycles. The molecule has 0 saturated carbocycles. The van der Waals surface area contributed by atoms with Gasteiger partial charge in [0.2, 0.25) is 5.91 Å². The summed E-state index contributed by atoms with van der Waals surface area (Å²) in [6, 6.07) is 15.2. The van der Waals surface area contributed by atoms with Gasteiger partial charge in [0.1, 0.15) is 5.52 Å². The third-order valence-electron chi connectivity index (χ3n) is 5.04. The van der Waals surface area contributed by atoms with E-state index in [1.807, 2.05) is 24.3 Å². The van der Waals surface area contributed by atoms with Crippen molar-refractivity contribution in [1.82, 2.24) is 10.3 Å². The second-order valence-electron chi connectivity index (χ2n) is 6.87. The Morgan fingerprint density at radius 3 is 2.64 bits per heavy atom. The van der Waals surface area contributed by atoms with E-state index in [0.717, 1.165) is 23.9 Å². The maximum Gasteiger partial charge on any atom is 0.298 e. The number of rotatable bonds is 4. The Morgan fingerprint density at radius 1 is 1.11 bits per heavy atom. The van der Waals surface area contributed by atoms with Gasteiger partial charge in [0.05, 0.1) is 0 Å². The molecule has 144 valence electrons. The molecule has 0 bridgehead atoms. The first-order valence-corrected chi connectivity index (χ1v) is 9.37. The zero-order valence-corrected chi connectivity index (χ0v) is 15.6. The molecule has 2 N–H and O–H groups in total. The summed E-state index contributed by atoms with van der Waals surface area (Å²) in [6.45, 7) is 1.42. The van der Waals surface area contributed by atoms with Crippen molar-refractivity contribution in [2.75, 3.05) is 30.4 Å². The molecule has 1 aromatic heterocycles. The highest BCUT2D eigenvalue weighted by molar-refractivity contribution is 5.97. The van der Waals surface area contributed by atoms with Crippen LogP contribution in [-0.2, 0) is 4.79 Å². The highest BCUT2D eigenvalue weighted by atomic mass is 16.4. The van der Waals surface area contributed by atoms with Crippen LogP contribution in [0.3, 0.4) is 0 Å². The number of amides is 2. The van der Waals surface area contributed by atoms with Crippen molar-refractivity contribution in [3.63, 3.8) is 0 Å². The summed E-state index contributed by atoms with van der Waals surface area (Å²) in [6.07, 6.45) is 1.44. The first-order chi connectivity index (χ1) is 13.6. The number of piperidine rings is 1. The molecule has 4 rings (SSSR count). The fourth-order valence-electron chi connectivity index (χ4n) is 3.46. The van der Waals surface area contributed by atoms with Crippen molar-refractivity contribution >= 4 is 34.6 Å². The Balaban J connectivity index is 1.37. The average Bonchev–Trinajstić information content (AvgIpc) is 3.18. The molecule has 1 saturated heterocycles. The molecule has 7 heteroatoms. The molecule has 2 heterocycles. The standard InChI is InChI=1S/C21H22N4O3/c1-22-19(26)15-5-4-6-16(13-15)23-20(27)14-9-11-25(12-10-14)21-24-17-7-2-3-8-18(17)28-21/h2-8,13-14H,9-12H2,1H3,(H,22,26)(H,23,27). The highest BCUT2D eigenvalue weighted by Gasteiger charge is 2.27. The number of oxazole rings is 1. The lowest BCUT2D eigenvalue weighted by Crippen LogP contribution is -2.38. The Morgan fingerprint density at radius 2 is 1.89 bits per heavy atom. The number of hydrogen-bond donors (Lipinski definition) is 2. The molecular weight excluding hydrogens is 356 g/mol. The molecule has 28 heavy (non-hydrogen) atoms. The van der Waals surface area contributed by atoms with Crippen molar-refractivity contribution in [1.29, 1.82) is 0 Å². The molecule has 0 radical (unpaired) electrons. The van der Waals surface area contributed by atoms with Gasteiger partial charge in [-0.3, -0.25) is 9.59 Å². The summed E-state index contributed by atoms with van der Waals surface area (Å²) >= 11 is 0. The lowest BCUT2D eigenvalue weighted by Gasteiger charge is -2.30. The zero-order chi connectivity index (χ0) is 19.5. The number of nitrogens with one attached hydrogen (secondary N) is 2. The Labute approximate surface area is 162 Å². The first kappa shape index (κ1) is 18.0. The van der Waals surface area contributed by atoms with E-state index in [2.05, 4.69) is 20.5 Å². The van der Waals surface area contributed by atoms with E-state index in [1.54, 1.807) is 31.3 Å². The van der Waals surface area contributed by atoms with Crippen molar-refractivity contribution in [2.24, 2.45) is 5.92 Å². The maximum atomic E-state index is 12.6. The molecule has 1 fully saturated rings. The molecule has 0 aliphatic carbocycles. The minimum Gasteiger partial charge on any atom is -0.423 e. The number of hydrogen-bond acceptors (Lipinski definition) is 5. The predicted octanol–water partition coefficient (Wildman–Crippen LogP) is 3.04. The third kappa shape index (κ3) is 3.69. The number of fused-ring (bicyclic) bond motifs is 1. The van der Waals surface area contributed by atoms with Crippen molar-refractivity contribution in [3.8, 4) is 0 Å². The van der Waals surface area contributed by atoms with Gasteiger partial charge in [0.25, 0.3) is 11.9 Å². The zero-order valence-electron chi connectivity index (χ0n) is 15.6. The molecule has 2 aromatic carbocycles. The van der Waals surface area contributed by atoms with Crippen molar-refractivity contribution < 1.29 is 14.0 Å². The largest absolute Gasteiger partial charge is 0.423 e. The van der Waals surface area contributed by atoms with Crippen LogP contribution >= 0.6 is 0 Å². The van der Waals surface area contributed by atoms with E-state index < -0.39 is 0 Å². The molecular formula is C21H22N4O3. The number of aromatic nitrogens is 1. The summed E-state index contributed by atoms with van der Waals surface area (Å²) < 4.78 is 5.82. The van der Waals surface area contributed by atoms with E-state index in [9.17, 15) is 9.59 Å². The molecule has 0 unspecified atom stereocenters. The molecule has 0 atom stereocenters. The van der Waals surface area contributed by atoms with Gasteiger partial charge in [-0.05, 0) is 43.2 Å². The third-order valence-corrected chi connectivity index (χ3v) is 5.04. The van der Waals surface area contributed by atoms with E-state index in [4.69, 9.17) is 4.42 Å². The van der Waals surface area contributed by atoms with Crippen LogP contribution in [0.1, 0.15) is 23.2 Å². The molecule has 7 nitrogen and oxygen atoms in total. The monoisotopic (exact) mass is 378 g/mol. The lowest BCUT2D eigenvalue weighted by molar-refractivity contribution is -0.120. The van der Waals surface area contributed by atoms with Gasteiger partial charge in [-0.1, -0.05) is 18.2 Å². The van der Waals surface area contributed by atoms with E-state index >= 15 is 0 Å². The Hall–Kier alpha value is -3.35. The number of carbonyl (C=O) groups is 2. The summed E-state index contributed by atoms with van der Waals surface area (Å²) in [7, 11) is 1.58. The fourth-order valence-corrected chi connectivity index (χ4v) is 3.46. The van der Waals surface area contributed by atoms with Crippen LogP contribution in [0.5, 0.6) is 0 Å². The summed E-state index contributed by atoms with van der Waals surface area (Å²) in [5.74, 6) is -0.279. The fraction of sp³-hybridized carbons (Fsp3) is 0.286. The second-order valence-corrected chi connectivity index (χ2v) is 6.87. The van der Waals surface area contributed by atoms with Crippen molar-refractivity contribution in [2.45, 2.75) is 12.8 Å². The first-order valence-electron chi connectivity index (χ1n) is 9.37. The van der Waals surface area contributed by atoms with Gasteiger partial charge in [-0.2, -0.15) is 4.98 Å². The van der Waals surface area contributed by atoms with Crippen LogP contribution in [0.15, 0.2) is 52.9 Å². The SMILES string of the molecule is CNC(=O)c1cccc(NC(=O)C2CCN(c3nc4ccccc4o3)CC2)c1. The van der Waals surface area contributed by atoms with Crippen LogP contribution < -0.4 is 15.5 Å². The number of nitrogens with zero attached hydrogens (tertiary/aromatic N) is 2. The molecule has 2 amide bonds. The van der Waals surface area contributed by atoms with Crippen LogP contribution in [0.2, 0.25) is 0 Å². The molecule has 3 aromatic rings. The Bertz CT molecular complexity index is 973. The molecule has 0 spiro atoms. The second kappa shape index (κ2) is 7.72. The van der Waals surface area contributed by atoms with Gasteiger partial charge >= 0.3 is 0 Å². The maximum absolute atomic E-state index is 12.6. The van der Waals surface area contributed by atoms with Crippen LogP contribution in [0.25, 0.3) is 11.1 Å². The van der Waals surface area contributed by atoms with Crippen LogP contribution in [-0.4, -0.2) is 36.9 Å². The minimum absolute atomic E-state index is 0.0220. The summed E-state index contributed by atoms with van der Waals surface area (Å²) in [4.78, 5) is 31.0. The molecule has 1 aliphatic rings. The van der Waals surface area contributed by atoms with Crippen molar-refractivity contribution in [3.05, 3.63) is 54.1 Å². The van der Waals surface area contributed by atoms with Gasteiger partial charge in [0, 0.05) is 37.3 Å².